The molecule has 1 unspecified atom stereocenters. The number of rotatable bonds is 5. The van der Waals surface area contributed by atoms with Crippen LogP contribution in [0.4, 0.5) is 5.69 Å². The van der Waals surface area contributed by atoms with Crippen molar-refractivity contribution < 1.29 is 5.11 Å². The molecule has 3 rings (SSSR count). The number of hydrogen-bond acceptors (Lipinski definition) is 2. The van der Waals surface area contributed by atoms with E-state index >= 15 is 0 Å². The smallest absolute Gasteiger partial charge is 0.0745 e. The summed E-state index contributed by atoms with van der Waals surface area (Å²) in [6, 6.07) is 16.0. The number of hydrogen-bond donors (Lipinski definition) is 2. The van der Waals surface area contributed by atoms with Crippen LogP contribution >= 0.6 is 11.6 Å². The molecule has 2 aromatic carbocycles. The minimum atomic E-state index is -0.0931. The molecule has 0 heterocycles. The van der Waals surface area contributed by atoms with Gasteiger partial charge in [0.05, 0.1) is 12.6 Å². The number of aliphatic hydroxyl groups is 1. The third kappa shape index (κ3) is 3.14. The molecule has 20 heavy (non-hydrogen) atoms. The lowest BCUT2D eigenvalue weighted by atomic mass is 10.0. The van der Waals surface area contributed by atoms with Crippen LogP contribution in [0.15, 0.2) is 48.5 Å². The normalized spacial score (nSPS) is 15.9. The van der Waals surface area contributed by atoms with E-state index in [2.05, 4.69) is 29.6 Å². The fourth-order valence-corrected chi connectivity index (χ4v) is 2.52. The van der Waals surface area contributed by atoms with Crippen LogP contribution in [-0.4, -0.2) is 11.7 Å². The maximum atomic E-state index is 9.60. The molecule has 1 atom stereocenters. The molecule has 0 radical (unpaired) electrons. The maximum absolute atomic E-state index is 9.60. The zero-order valence-electron chi connectivity index (χ0n) is 11.2. The van der Waals surface area contributed by atoms with E-state index in [9.17, 15) is 5.11 Å². The van der Waals surface area contributed by atoms with Gasteiger partial charge in [-0.2, -0.15) is 0 Å². The van der Waals surface area contributed by atoms with Gasteiger partial charge in [0.2, 0.25) is 0 Å². The average Bonchev–Trinajstić information content (AvgIpc) is 3.32. The quantitative estimate of drug-likeness (QED) is 0.856. The lowest BCUT2D eigenvalue weighted by Gasteiger charge is -2.18. The van der Waals surface area contributed by atoms with Crippen LogP contribution in [0, 0.1) is 0 Å². The van der Waals surface area contributed by atoms with E-state index in [-0.39, 0.29) is 12.6 Å². The van der Waals surface area contributed by atoms with Gasteiger partial charge in [-0.15, -0.1) is 0 Å². The van der Waals surface area contributed by atoms with Gasteiger partial charge in [0.1, 0.15) is 0 Å². The van der Waals surface area contributed by atoms with Crippen molar-refractivity contribution in [1.82, 2.24) is 0 Å². The highest BCUT2D eigenvalue weighted by Gasteiger charge is 2.23. The molecule has 0 bridgehead atoms. The van der Waals surface area contributed by atoms with Crippen molar-refractivity contribution in [3.8, 4) is 0 Å². The third-order valence-corrected chi connectivity index (χ3v) is 4.01. The van der Waals surface area contributed by atoms with E-state index in [1.807, 2.05) is 24.3 Å². The van der Waals surface area contributed by atoms with Crippen LogP contribution in [-0.2, 0) is 0 Å². The van der Waals surface area contributed by atoms with Gasteiger partial charge in [-0.1, -0.05) is 35.9 Å². The Kier molecular flexibility index (Phi) is 3.95. The van der Waals surface area contributed by atoms with Gasteiger partial charge < -0.3 is 10.4 Å². The minimum Gasteiger partial charge on any atom is -0.394 e. The lowest BCUT2D eigenvalue weighted by molar-refractivity contribution is 0.276. The van der Waals surface area contributed by atoms with Gasteiger partial charge in [-0.3, -0.25) is 0 Å². The predicted molar refractivity (Wildman–Crippen MR) is 83.3 cm³/mol. The molecule has 1 aliphatic carbocycles. The largest absolute Gasteiger partial charge is 0.394 e. The first-order chi connectivity index (χ1) is 9.76. The van der Waals surface area contributed by atoms with Crippen molar-refractivity contribution in [2.24, 2.45) is 0 Å². The summed E-state index contributed by atoms with van der Waals surface area (Å²) >= 11 is 5.87. The Hall–Kier alpha value is -1.51. The van der Waals surface area contributed by atoms with Gasteiger partial charge in [-0.05, 0) is 54.2 Å². The highest BCUT2D eigenvalue weighted by molar-refractivity contribution is 6.30. The first-order valence-electron chi connectivity index (χ1n) is 6.99. The molecule has 104 valence electrons. The summed E-state index contributed by atoms with van der Waals surface area (Å²) in [5.41, 5.74) is 3.48. The molecule has 3 heteroatoms. The van der Waals surface area contributed by atoms with E-state index < -0.39 is 0 Å². The second kappa shape index (κ2) is 5.86. The van der Waals surface area contributed by atoms with Gasteiger partial charge in [0, 0.05) is 10.7 Å². The standard InChI is InChI=1S/C17H18ClNO/c18-15-7-9-16(10-8-15)19-17(11-20)14-5-3-13(4-6-14)12-1-2-12/h3-10,12,17,19-20H,1-2,11H2. The molecular weight excluding hydrogens is 270 g/mol. The summed E-state index contributed by atoms with van der Waals surface area (Å²) in [5.74, 6) is 0.765. The Balaban J connectivity index is 1.73. The van der Waals surface area contributed by atoms with E-state index in [4.69, 9.17) is 11.6 Å². The number of halogens is 1. The highest BCUT2D eigenvalue weighted by atomic mass is 35.5. The zero-order valence-corrected chi connectivity index (χ0v) is 12.0. The van der Waals surface area contributed by atoms with E-state index in [1.54, 1.807) is 0 Å². The van der Waals surface area contributed by atoms with Crippen molar-refractivity contribution in [2.75, 3.05) is 11.9 Å². The lowest BCUT2D eigenvalue weighted by Crippen LogP contribution is -2.14. The monoisotopic (exact) mass is 287 g/mol. The first-order valence-corrected chi connectivity index (χ1v) is 7.37. The van der Waals surface area contributed by atoms with E-state index in [1.165, 1.54) is 18.4 Å². The van der Waals surface area contributed by atoms with E-state index in [0.717, 1.165) is 17.2 Å². The summed E-state index contributed by atoms with van der Waals surface area (Å²) in [7, 11) is 0. The van der Waals surface area contributed by atoms with Crippen molar-refractivity contribution in [3.05, 3.63) is 64.7 Å². The maximum Gasteiger partial charge on any atom is 0.0745 e. The summed E-state index contributed by atoms with van der Waals surface area (Å²) in [4.78, 5) is 0. The molecule has 1 fully saturated rings. The van der Waals surface area contributed by atoms with Crippen LogP contribution in [0.1, 0.15) is 35.9 Å². The minimum absolute atomic E-state index is 0.0609. The van der Waals surface area contributed by atoms with Crippen molar-refractivity contribution >= 4 is 17.3 Å². The molecule has 1 aliphatic rings. The third-order valence-electron chi connectivity index (χ3n) is 3.76. The molecule has 0 saturated heterocycles. The van der Waals surface area contributed by atoms with Gasteiger partial charge in [0.25, 0.3) is 0 Å². The zero-order chi connectivity index (χ0) is 13.9. The number of anilines is 1. The second-order valence-electron chi connectivity index (χ2n) is 5.33. The number of nitrogens with one attached hydrogen (secondary N) is 1. The van der Waals surface area contributed by atoms with Gasteiger partial charge in [-0.25, -0.2) is 0 Å². The van der Waals surface area contributed by atoms with Crippen LogP contribution < -0.4 is 5.32 Å². The van der Waals surface area contributed by atoms with Crippen LogP contribution in [0.3, 0.4) is 0 Å². The van der Waals surface area contributed by atoms with Gasteiger partial charge in [0.15, 0.2) is 0 Å². The fraction of sp³-hybridized carbons (Fsp3) is 0.294. The molecule has 1 saturated carbocycles. The highest BCUT2D eigenvalue weighted by Crippen LogP contribution is 2.40. The Morgan fingerprint density at radius 1 is 1.05 bits per heavy atom. The predicted octanol–water partition coefficient (Wildman–Crippen LogP) is 4.36. The summed E-state index contributed by atoms with van der Waals surface area (Å²) in [6.45, 7) is 0.0609. The SMILES string of the molecule is OCC(Nc1ccc(Cl)cc1)c1ccc(C2CC2)cc1. The summed E-state index contributed by atoms with van der Waals surface area (Å²) in [5, 5.41) is 13.6. The Labute approximate surface area is 124 Å². The molecule has 0 aliphatic heterocycles. The van der Waals surface area contributed by atoms with Crippen LogP contribution in [0.2, 0.25) is 5.02 Å². The van der Waals surface area contributed by atoms with Crippen molar-refractivity contribution in [1.29, 1.82) is 0 Å². The molecule has 2 aromatic rings. The molecule has 0 amide bonds. The average molecular weight is 288 g/mol. The van der Waals surface area contributed by atoms with Gasteiger partial charge >= 0.3 is 0 Å². The Bertz CT molecular complexity index is 561. The first kappa shape index (κ1) is 13.5. The van der Waals surface area contributed by atoms with Crippen LogP contribution in [0.25, 0.3) is 0 Å². The number of aliphatic hydroxyl groups excluding tert-OH is 1. The molecular formula is C17H18ClNO. The topological polar surface area (TPSA) is 32.3 Å². The molecule has 0 aromatic heterocycles. The van der Waals surface area contributed by atoms with Crippen molar-refractivity contribution in [3.63, 3.8) is 0 Å². The molecule has 2 nitrogen and oxygen atoms in total. The second-order valence-corrected chi connectivity index (χ2v) is 5.76. The fourth-order valence-electron chi connectivity index (χ4n) is 2.40. The van der Waals surface area contributed by atoms with E-state index in [0.29, 0.717) is 5.02 Å². The molecule has 2 N–H and O–H groups in total. The van der Waals surface area contributed by atoms with Crippen molar-refractivity contribution in [2.45, 2.75) is 24.8 Å². The number of benzene rings is 2. The van der Waals surface area contributed by atoms with Crippen LogP contribution in [0.5, 0.6) is 0 Å². The molecule has 0 spiro atoms. The summed E-state index contributed by atoms with van der Waals surface area (Å²) in [6.07, 6.45) is 2.62. The Morgan fingerprint density at radius 3 is 2.25 bits per heavy atom. The Morgan fingerprint density at radius 2 is 1.70 bits per heavy atom. The summed E-state index contributed by atoms with van der Waals surface area (Å²) < 4.78 is 0.